The zero-order chi connectivity index (χ0) is 17.6. The average molecular weight is 337 g/mol. The number of aromatic nitrogens is 1. The first-order valence-electron chi connectivity index (χ1n) is 8.11. The number of hydrogen-bond acceptors (Lipinski definition) is 1. The Balaban J connectivity index is 1.60. The van der Waals surface area contributed by atoms with E-state index >= 15 is 0 Å². The van der Waals surface area contributed by atoms with Crippen molar-refractivity contribution in [1.82, 2.24) is 9.88 Å². The van der Waals surface area contributed by atoms with Crippen molar-refractivity contribution in [3.05, 3.63) is 89.5 Å². The minimum Gasteiger partial charge on any atom is -0.345 e. The second-order valence-electron chi connectivity index (χ2n) is 5.87. The Morgan fingerprint density at radius 2 is 1.92 bits per heavy atom. The monoisotopic (exact) mass is 337 g/mol. The summed E-state index contributed by atoms with van der Waals surface area (Å²) in [5.74, 6) is -0.384. The van der Waals surface area contributed by atoms with E-state index in [9.17, 15) is 9.18 Å². The van der Waals surface area contributed by atoms with E-state index in [0.29, 0.717) is 12.2 Å². The lowest BCUT2D eigenvalue weighted by Crippen LogP contribution is -2.29. The van der Waals surface area contributed by atoms with Crippen LogP contribution in [0.1, 0.15) is 16.8 Å². The smallest absolute Gasteiger partial charge is 0.319 e. The van der Waals surface area contributed by atoms with Crippen molar-refractivity contribution in [2.45, 2.75) is 20.0 Å². The first-order valence-corrected chi connectivity index (χ1v) is 8.11. The Morgan fingerprint density at radius 3 is 2.72 bits per heavy atom. The highest BCUT2D eigenvalue weighted by molar-refractivity contribution is 5.89. The SMILES string of the molecule is Cc1ccccc1Cn1cccc1CNC(=O)Nc1cccc(F)c1. The van der Waals surface area contributed by atoms with E-state index in [1.165, 1.54) is 23.3 Å². The molecule has 3 rings (SSSR count). The number of benzene rings is 2. The van der Waals surface area contributed by atoms with E-state index in [2.05, 4.69) is 34.3 Å². The van der Waals surface area contributed by atoms with Crippen molar-refractivity contribution in [3.8, 4) is 0 Å². The molecule has 128 valence electrons. The van der Waals surface area contributed by atoms with Gasteiger partial charge in [0, 0.05) is 24.1 Å². The summed E-state index contributed by atoms with van der Waals surface area (Å²) in [5.41, 5.74) is 3.90. The van der Waals surface area contributed by atoms with Gasteiger partial charge in [-0.3, -0.25) is 0 Å². The second kappa shape index (κ2) is 7.66. The zero-order valence-electron chi connectivity index (χ0n) is 14.0. The molecule has 0 bridgehead atoms. The van der Waals surface area contributed by atoms with Gasteiger partial charge < -0.3 is 15.2 Å². The summed E-state index contributed by atoms with van der Waals surface area (Å²) in [5, 5.41) is 5.42. The minimum atomic E-state index is -0.384. The summed E-state index contributed by atoms with van der Waals surface area (Å²) < 4.78 is 15.2. The molecule has 1 heterocycles. The lowest BCUT2D eigenvalue weighted by Gasteiger charge is -2.12. The van der Waals surface area contributed by atoms with Gasteiger partial charge in [0.2, 0.25) is 0 Å². The molecule has 0 atom stereocenters. The number of anilines is 1. The number of carbonyl (C=O) groups excluding carboxylic acids is 1. The van der Waals surface area contributed by atoms with E-state index in [-0.39, 0.29) is 11.8 Å². The minimum absolute atomic E-state index is 0.366. The summed E-state index contributed by atoms with van der Waals surface area (Å²) in [7, 11) is 0. The highest BCUT2D eigenvalue weighted by atomic mass is 19.1. The van der Waals surface area contributed by atoms with Crippen LogP contribution < -0.4 is 10.6 Å². The van der Waals surface area contributed by atoms with Gasteiger partial charge in [-0.1, -0.05) is 30.3 Å². The molecule has 0 fully saturated rings. The molecule has 5 heteroatoms. The van der Waals surface area contributed by atoms with E-state index in [4.69, 9.17) is 0 Å². The van der Waals surface area contributed by atoms with Crippen LogP contribution in [0, 0.1) is 12.7 Å². The Bertz CT molecular complexity index is 873. The van der Waals surface area contributed by atoms with Crippen molar-refractivity contribution in [1.29, 1.82) is 0 Å². The van der Waals surface area contributed by atoms with Crippen LogP contribution in [0.15, 0.2) is 66.9 Å². The predicted molar refractivity (Wildman–Crippen MR) is 97.0 cm³/mol. The van der Waals surface area contributed by atoms with E-state index < -0.39 is 0 Å². The highest BCUT2D eigenvalue weighted by Crippen LogP contribution is 2.12. The normalized spacial score (nSPS) is 10.5. The summed E-state index contributed by atoms with van der Waals surface area (Å²) >= 11 is 0. The van der Waals surface area contributed by atoms with Gasteiger partial charge in [0.15, 0.2) is 0 Å². The third-order valence-corrected chi connectivity index (χ3v) is 4.04. The van der Waals surface area contributed by atoms with Crippen LogP contribution >= 0.6 is 0 Å². The fourth-order valence-corrected chi connectivity index (χ4v) is 2.65. The quantitative estimate of drug-likeness (QED) is 0.716. The van der Waals surface area contributed by atoms with Gasteiger partial charge in [-0.2, -0.15) is 0 Å². The number of carbonyl (C=O) groups is 1. The molecule has 0 aliphatic heterocycles. The Hall–Kier alpha value is -3.08. The predicted octanol–water partition coefficient (Wildman–Crippen LogP) is 4.31. The van der Waals surface area contributed by atoms with Crippen LogP contribution in [0.25, 0.3) is 0 Å². The van der Waals surface area contributed by atoms with Gasteiger partial charge in [-0.05, 0) is 48.4 Å². The number of nitrogens with zero attached hydrogens (tertiary/aromatic N) is 1. The standard InChI is InChI=1S/C20H20FN3O/c1-15-6-2-3-7-16(15)14-24-11-5-10-19(24)13-22-20(25)23-18-9-4-8-17(21)12-18/h2-12H,13-14H2,1H3,(H2,22,23,25). The van der Waals surface area contributed by atoms with Gasteiger partial charge in [-0.25, -0.2) is 9.18 Å². The first kappa shape index (κ1) is 16.8. The van der Waals surface area contributed by atoms with Gasteiger partial charge >= 0.3 is 6.03 Å². The second-order valence-corrected chi connectivity index (χ2v) is 5.87. The molecule has 3 aromatic rings. The molecular weight excluding hydrogens is 317 g/mol. The van der Waals surface area contributed by atoms with Crippen LogP contribution in [-0.2, 0) is 13.1 Å². The van der Waals surface area contributed by atoms with Crippen LogP contribution in [-0.4, -0.2) is 10.6 Å². The number of rotatable bonds is 5. The molecule has 0 saturated heterocycles. The number of hydrogen-bond donors (Lipinski definition) is 2. The molecule has 0 spiro atoms. The van der Waals surface area contributed by atoms with E-state index in [1.807, 2.05) is 30.5 Å². The van der Waals surface area contributed by atoms with Crippen LogP contribution in [0.4, 0.5) is 14.9 Å². The highest BCUT2D eigenvalue weighted by Gasteiger charge is 2.07. The molecule has 4 nitrogen and oxygen atoms in total. The number of aryl methyl sites for hydroxylation is 1. The van der Waals surface area contributed by atoms with E-state index in [0.717, 1.165) is 12.2 Å². The Kier molecular flexibility index (Phi) is 5.14. The van der Waals surface area contributed by atoms with Crippen molar-refractivity contribution in [3.63, 3.8) is 0 Å². The van der Waals surface area contributed by atoms with Crippen LogP contribution in [0.2, 0.25) is 0 Å². The van der Waals surface area contributed by atoms with Crippen molar-refractivity contribution in [2.24, 2.45) is 0 Å². The third kappa shape index (κ3) is 4.47. The molecule has 0 unspecified atom stereocenters. The summed E-state index contributed by atoms with van der Waals surface area (Å²) in [4.78, 5) is 12.0. The number of nitrogens with one attached hydrogen (secondary N) is 2. The molecule has 25 heavy (non-hydrogen) atoms. The van der Waals surface area contributed by atoms with Gasteiger partial charge in [0.1, 0.15) is 5.82 Å². The average Bonchev–Trinajstić information content (AvgIpc) is 3.02. The summed E-state index contributed by atoms with van der Waals surface area (Å²) in [6.45, 7) is 3.23. The largest absolute Gasteiger partial charge is 0.345 e. The van der Waals surface area contributed by atoms with Gasteiger partial charge in [0.05, 0.1) is 6.54 Å². The van der Waals surface area contributed by atoms with Crippen LogP contribution in [0.3, 0.4) is 0 Å². The molecule has 2 aromatic carbocycles. The molecule has 0 aliphatic carbocycles. The summed E-state index contributed by atoms with van der Waals surface area (Å²) in [6.07, 6.45) is 1.99. The third-order valence-electron chi connectivity index (χ3n) is 4.04. The fraction of sp³-hybridized carbons (Fsp3) is 0.150. The molecule has 0 saturated carbocycles. The molecule has 2 N–H and O–H groups in total. The van der Waals surface area contributed by atoms with E-state index in [1.54, 1.807) is 12.1 Å². The van der Waals surface area contributed by atoms with Crippen molar-refractivity contribution < 1.29 is 9.18 Å². The fourth-order valence-electron chi connectivity index (χ4n) is 2.65. The van der Waals surface area contributed by atoms with Gasteiger partial charge in [0.25, 0.3) is 0 Å². The Morgan fingerprint density at radius 1 is 1.08 bits per heavy atom. The maximum absolute atomic E-state index is 13.1. The molecule has 2 amide bonds. The summed E-state index contributed by atoms with van der Waals surface area (Å²) in [6, 6.07) is 17.6. The Labute approximate surface area is 146 Å². The topological polar surface area (TPSA) is 46.1 Å². The lowest BCUT2D eigenvalue weighted by atomic mass is 10.1. The first-order chi connectivity index (χ1) is 12.1. The number of urea groups is 1. The molecule has 0 radical (unpaired) electrons. The number of halogens is 1. The van der Waals surface area contributed by atoms with Crippen molar-refractivity contribution in [2.75, 3.05) is 5.32 Å². The molecular formula is C20H20FN3O. The number of amides is 2. The van der Waals surface area contributed by atoms with Gasteiger partial charge in [-0.15, -0.1) is 0 Å². The maximum Gasteiger partial charge on any atom is 0.319 e. The molecule has 0 aliphatic rings. The van der Waals surface area contributed by atoms with Crippen molar-refractivity contribution >= 4 is 11.7 Å². The maximum atomic E-state index is 13.1. The lowest BCUT2D eigenvalue weighted by molar-refractivity contribution is 0.251. The zero-order valence-corrected chi connectivity index (χ0v) is 14.0. The molecule has 1 aromatic heterocycles. The van der Waals surface area contributed by atoms with Crippen LogP contribution in [0.5, 0.6) is 0 Å².